The second kappa shape index (κ2) is 37.0. The van der Waals surface area contributed by atoms with Crippen LogP contribution in [0.25, 0.3) is 111 Å². The Morgan fingerprint density at radius 1 is 0.414 bits per heavy atom. The number of nitrogens with zero attached hydrogens (tertiary/aromatic N) is 28. The van der Waals surface area contributed by atoms with E-state index >= 15 is 0 Å². The average molecular weight is 1900 g/mol. The van der Waals surface area contributed by atoms with Crippen LogP contribution in [0.1, 0.15) is 122 Å². The van der Waals surface area contributed by atoms with E-state index < -0.39 is 5.67 Å². The molecule has 7 aliphatic heterocycles. The Morgan fingerprint density at radius 2 is 0.757 bits per heavy atom. The third kappa shape index (κ3) is 16.7. The van der Waals surface area contributed by atoms with Gasteiger partial charge in [0.15, 0.2) is 62.3 Å². The number of nitrogens with one attached hydrogen (secondary N) is 10. The van der Waals surface area contributed by atoms with Crippen LogP contribution in [-0.4, -0.2) is 297 Å². The van der Waals surface area contributed by atoms with Crippen LogP contribution in [-0.2, 0) is 0 Å². The number of carbonyl (C=O) groups excluding carboxylic acids is 3. The van der Waals surface area contributed by atoms with Gasteiger partial charge < -0.3 is 64.1 Å². The lowest BCUT2D eigenvalue weighted by Gasteiger charge is -2.43. The number of likely N-dealkylation sites (tertiary alicyclic amines) is 5. The number of halogens is 1. The number of hydrogen-bond acceptors (Lipinski definition) is 25. The molecule has 7 fully saturated rings. The van der Waals surface area contributed by atoms with E-state index in [0.29, 0.717) is 163 Å². The standard InChI is InChI=1S/C20H19N7O.C19H24FN7O2.C19H18N8O.C18H20N8O2.C17H20N8O2/c1-3-13-4-5-16(22-10-13)26-9-7-12(2)15(11-26)27-17-14-6-8-21-18(14)24-25-19(17)23-20(27)28;1-11-4-7-25(18(29)26-8-5-19(2,20)10-26)9-13(11)27-14-12-3-6-21-15(12)23-24-16(14)22-17(27)28;1-3-12-4-5-15(23-22-12)26-9-7-11(2)14(10-26)27-16-13-6-8-20-17(13)24-25-18(16)21-19(27)28;1-10-3-5-24(18(28)25-7-11(6-19)8-25)9-13(10)26-14-12-2-4-20-15(12)22-23-16(14)21-17(26)27;1-10-4-7-24(17(27)23(2)8-5-18)9-12(10)25-13-11-3-6-19-14(11)21-22-15(13)20-16(25)26/h1,4-6,8,10,12,15H,7,9,11H2,2H3,(H,21,24)(H,23,25,28);3,6,11,13H,4-5,7-10H2,1-2H3,(H,21,23)(H,22,24,28);1,4-6,8,11,14H,7,9-10H2,2H3,(H,20,24)(H,21,25,28);2,4,10-11,13H,3,5,7-9H2,1H3,(H,20,22)(H,21,23,27);3,6,10,12H,4,7-9H2,1-2H3,(H,19,21)(H,20,22,26)/t12-,15+;11-,13+,19?;11-,14+;10-,13+;10-,12+/m11111/s1. The van der Waals surface area contributed by atoms with Crippen LogP contribution >= 0.6 is 0 Å². The maximum Gasteiger partial charge on any atom is 0.328 e. The number of fused-ring (bicyclic) bond motifs is 15. The second-order valence-corrected chi connectivity index (χ2v) is 37.7. The van der Waals surface area contributed by atoms with Crippen molar-refractivity contribution in [2.24, 2.45) is 35.5 Å². The van der Waals surface area contributed by atoms with Crippen molar-refractivity contribution < 1.29 is 18.8 Å². The summed E-state index contributed by atoms with van der Waals surface area (Å²) < 4.78 is 23.0. The van der Waals surface area contributed by atoms with Crippen molar-refractivity contribution >= 4 is 141 Å². The third-order valence-electron chi connectivity index (χ3n) is 28.8. The maximum atomic E-state index is 14.2. The Labute approximate surface area is 793 Å². The van der Waals surface area contributed by atoms with Crippen molar-refractivity contribution in [3.63, 3.8) is 0 Å². The molecule has 6 amide bonds. The summed E-state index contributed by atoms with van der Waals surface area (Å²) in [5.41, 5.74) is 8.05. The Balaban J connectivity index is 0.000000108. The number of rotatable bonds is 8. The summed E-state index contributed by atoms with van der Waals surface area (Å²) >= 11 is 0. The van der Waals surface area contributed by atoms with Gasteiger partial charge in [0, 0.05) is 168 Å². The van der Waals surface area contributed by atoms with E-state index in [0.717, 1.165) is 106 Å². The van der Waals surface area contributed by atoms with Crippen molar-refractivity contribution in [1.29, 1.82) is 10.5 Å². The van der Waals surface area contributed by atoms with Crippen molar-refractivity contribution in [2.75, 3.05) is 115 Å². The molecule has 17 aromatic rings. The molecule has 7 saturated heterocycles. The number of terminal acetylenes is 2. The maximum absolute atomic E-state index is 14.2. The highest BCUT2D eigenvalue weighted by atomic mass is 19.1. The number of urea groups is 3. The molecule has 10 N–H and O–H groups in total. The van der Waals surface area contributed by atoms with E-state index in [1.54, 1.807) is 82.3 Å². The number of hydrogen-bond donors (Lipinski definition) is 10. The molecular formula is C93H101FN38O8. The van der Waals surface area contributed by atoms with Crippen LogP contribution in [0.3, 0.4) is 0 Å². The highest BCUT2D eigenvalue weighted by molar-refractivity contribution is 6.03. The Bertz CT molecular complexity index is 7920. The van der Waals surface area contributed by atoms with Crippen LogP contribution in [0.4, 0.5) is 30.4 Å². The fourth-order valence-corrected chi connectivity index (χ4v) is 20.8. The monoisotopic (exact) mass is 1900 g/mol. The lowest BCUT2D eigenvalue weighted by atomic mass is 9.93. The molecule has 24 rings (SSSR count). The third-order valence-corrected chi connectivity index (χ3v) is 28.8. The van der Waals surface area contributed by atoms with E-state index in [2.05, 4.69) is 178 Å². The van der Waals surface area contributed by atoms with Gasteiger partial charge in [0.2, 0.25) is 0 Å². The van der Waals surface area contributed by atoms with E-state index in [-0.39, 0.29) is 114 Å². The number of amides is 6. The number of nitriles is 2. The minimum atomic E-state index is -1.33. The normalized spacial score (nSPS) is 22.3. The van der Waals surface area contributed by atoms with Crippen molar-refractivity contribution in [3.8, 4) is 36.8 Å². The zero-order valence-corrected chi connectivity index (χ0v) is 77.7. The fraction of sp³-hybridized carbons (Fsp3) is 0.430. The zero-order chi connectivity index (χ0) is 97.4. The van der Waals surface area contributed by atoms with Gasteiger partial charge in [0.25, 0.3) is 0 Å². The molecule has 1 unspecified atom stereocenters. The second-order valence-electron chi connectivity index (χ2n) is 37.7. The van der Waals surface area contributed by atoms with Crippen molar-refractivity contribution in [3.05, 3.63) is 155 Å². The number of carbonyl (C=O) groups is 3. The van der Waals surface area contributed by atoms with Gasteiger partial charge >= 0.3 is 46.5 Å². The molecular weight excluding hydrogens is 1800 g/mol. The Kier molecular flexibility index (Phi) is 24.0. The quantitative estimate of drug-likeness (QED) is 0.0515. The smallest absolute Gasteiger partial charge is 0.328 e. The van der Waals surface area contributed by atoms with E-state index in [9.17, 15) is 42.7 Å². The lowest BCUT2D eigenvalue weighted by molar-refractivity contribution is 0.0819. The first-order chi connectivity index (χ1) is 67.7. The molecule has 0 saturated carbocycles. The zero-order valence-electron chi connectivity index (χ0n) is 77.7. The number of anilines is 2. The molecule has 7 aliphatic rings. The summed E-state index contributed by atoms with van der Waals surface area (Å²) in [6.07, 6.45) is 26.0. The molecule has 140 heavy (non-hydrogen) atoms. The molecule has 17 aromatic heterocycles. The minimum Gasteiger partial charge on any atom is -0.355 e. The molecule has 47 heteroatoms. The molecule has 0 bridgehead atoms. The molecule has 0 aromatic carbocycles. The van der Waals surface area contributed by atoms with Crippen molar-refractivity contribution in [1.82, 2.24) is 168 Å². The van der Waals surface area contributed by atoms with Crippen molar-refractivity contribution in [2.45, 2.75) is 116 Å². The fourth-order valence-electron chi connectivity index (χ4n) is 20.8. The summed E-state index contributed by atoms with van der Waals surface area (Å²) in [6.45, 7) is 19.9. The number of alkyl halides is 1. The highest BCUT2D eigenvalue weighted by Gasteiger charge is 2.44. The van der Waals surface area contributed by atoms with Crippen LogP contribution in [0.15, 0.2) is 116 Å². The number of imidazole rings is 5. The predicted octanol–water partition coefficient (Wildman–Crippen LogP) is 7.68. The van der Waals surface area contributed by atoms with E-state index in [1.165, 1.54) is 11.8 Å². The first-order valence-electron chi connectivity index (χ1n) is 46.7. The molecule has 0 aliphatic carbocycles. The van der Waals surface area contributed by atoms with E-state index in [1.807, 2.05) is 69.9 Å². The first-order valence-corrected chi connectivity index (χ1v) is 46.7. The van der Waals surface area contributed by atoms with Gasteiger partial charge in [-0.05, 0) is 129 Å². The predicted molar refractivity (Wildman–Crippen MR) is 516 cm³/mol. The van der Waals surface area contributed by atoms with Gasteiger partial charge in [0.1, 0.15) is 51.3 Å². The van der Waals surface area contributed by atoms with Gasteiger partial charge in [0.05, 0.1) is 54.8 Å². The number of pyridine rings is 1. The SMILES string of the molecule is C#Cc1ccc(N2CC[C@@H](C)[C@@H](n3c(=O)[nH]c4nnc5[nH]ccc5c43)C2)nc1.C#Cc1ccc(N2CC[C@@H](C)[C@@H](n3c(=O)[nH]c4nnc5[nH]ccc5c43)C2)nn1.C[C@@H]1CCN(C(=O)N(C)CC#N)C[C@@H]1n1c(=O)[nH]c2nnc3[nH]ccc3c21.C[C@@H]1CCN(C(=O)N2CC(C#N)C2)C[C@@H]1n1c(=O)[nH]c2nnc3[nH]ccc3c21.C[C@@H]1CCN(C(=O)N2CCC(C)(F)C2)C[C@@H]1n1c(=O)[nH]c2nnc3[nH]ccc3c21. The molecule has 0 radical (unpaired) electrons. The summed E-state index contributed by atoms with van der Waals surface area (Å²) in [5.74, 6) is 7.91. The molecule has 24 heterocycles. The van der Waals surface area contributed by atoms with E-state index in [4.69, 9.17) is 23.4 Å². The molecule has 0 spiro atoms. The minimum absolute atomic E-state index is 0.00795. The summed E-state index contributed by atoms with van der Waals surface area (Å²) in [5, 5.41) is 71.6. The summed E-state index contributed by atoms with van der Waals surface area (Å²) in [4.78, 5) is 151. The lowest BCUT2D eigenvalue weighted by Crippen LogP contribution is -2.57. The van der Waals surface area contributed by atoms with Crippen LogP contribution < -0.4 is 38.2 Å². The van der Waals surface area contributed by atoms with Crippen LogP contribution in [0.2, 0.25) is 0 Å². The van der Waals surface area contributed by atoms with Gasteiger partial charge in [-0.15, -0.1) is 74.0 Å². The van der Waals surface area contributed by atoms with Gasteiger partial charge in [-0.2, -0.15) is 10.5 Å². The number of piperidine rings is 5. The molecule has 46 nitrogen and oxygen atoms in total. The number of H-pyrrole nitrogens is 10. The van der Waals surface area contributed by atoms with Crippen LogP contribution in [0.5, 0.6) is 0 Å². The largest absolute Gasteiger partial charge is 0.355 e. The molecule has 11 atom stereocenters. The topological polar surface area (TPSA) is 560 Å². The number of aromatic amines is 10. The summed E-state index contributed by atoms with van der Waals surface area (Å²) in [7, 11) is 1.61. The highest BCUT2D eigenvalue weighted by Crippen LogP contribution is 2.40. The first kappa shape index (κ1) is 90.9. The molecule has 718 valence electrons. The van der Waals surface area contributed by atoms with Gasteiger partial charge in [-0.3, -0.25) is 47.8 Å². The van der Waals surface area contributed by atoms with Gasteiger partial charge in [-0.25, -0.2) is 47.7 Å². The number of aromatic nitrogens is 28. The van der Waals surface area contributed by atoms with Crippen LogP contribution in [0, 0.1) is 82.9 Å². The summed E-state index contributed by atoms with van der Waals surface area (Å²) in [6, 6.07) is 20.2. The Hall–Kier alpha value is -16.9. The Morgan fingerprint density at radius 3 is 1.09 bits per heavy atom. The average Bonchev–Trinajstić information content (AvgIpc) is 1.62. The van der Waals surface area contributed by atoms with Gasteiger partial charge in [-0.1, -0.05) is 40.5 Å².